The summed E-state index contributed by atoms with van der Waals surface area (Å²) in [4.78, 5) is 0. The van der Waals surface area contributed by atoms with Crippen molar-refractivity contribution < 1.29 is 4.21 Å². The SMILES string of the molecule is Cc1cc(C)cc(CS(=O)CC(N)C2CC2)c1. The first-order chi connectivity index (χ1) is 8.04. The zero-order valence-electron chi connectivity index (χ0n) is 10.6. The quantitative estimate of drug-likeness (QED) is 0.872. The van der Waals surface area contributed by atoms with Gasteiger partial charge in [-0.25, -0.2) is 0 Å². The van der Waals surface area contributed by atoms with Crippen LogP contribution in [-0.2, 0) is 16.6 Å². The van der Waals surface area contributed by atoms with Crippen LogP contribution in [0.3, 0.4) is 0 Å². The summed E-state index contributed by atoms with van der Waals surface area (Å²) in [6.07, 6.45) is 2.45. The van der Waals surface area contributed by atoms with Gasteiger partial charge in [0.2, 0.25) is 0 Å². The molecule has 17 heavy (non-hydrogen) atoms. The lowest BCUT2D eigenvalue weighted by molar-refractivity contribution is 0.634. The summed E-state index contributed by atoms with van der Waals surface area (Å²) < 4.78 is 12.0. The maximum atomic E-state index is 12.0. The van der Waals surface area contributed by atoms with Gasteiger partial charge in [0.1, 0.15) is 0 Å². The number of hydrogen-bond acceptors (Lipinski definition) is 2. The van der Waals surface area contributed by atoms with E-state index in [1.807, 2.05) is 0 Å². The fourth-order valence-electron chi connectivity index (χ4n) is 2.27. The van der Waals surface area contributed by atoms with Gasteiger partial charge in [0.15, 0.2) is 0 Å². The van der Waals surface area contributed by atoms with E-state index in [1.54, 1.807) is 0 Å². The fourth-order valence-corrected chi connectivity index (χ4v) is 3.63. The molecule has 2 rings (SSSR count). The van der Waals surface area contributed by atoms with Gasteiger partial charge in [0.25, 0.3) is 0 Å². The normalized spacial score (nSPS) is 19.0. The number of benzene rings is 1. The molecule has 1 fully saturated rings. The molecule has 2 atom stereocenters. The zero-order chi connectivity index (χ0) is 12.4. The highest BCUT2D eigenvalue weighted by molar-refractivity contribution is 7.84. The van der Waals surface area contributed by atoms with E-state index in [0.717, 1.165) is 0 Å². The van der Waals surface area contributed by atoms with Crippen LogP contribution in [0.4, 0.5) is 0 Å². The summed E-state index contributed by atoms with van der Waals surface area (Å²) in [7, 11) is -0.823. The van der Waals surface area contributed by atoms with Crippen LogP contribution >= 0.6 is 0 Å². The molecule has 0 aliphatic heterocycles. The summed E-state index contributed by atoms with van der Waals surface area (Å²) in [5.74, 6) is 1.93. The third kappa shape index (κ3) is 3.93. The standard InChI is InChI=1S/C14H21NOS/c1-10-5-11(2)7-12(6-10)8-17(16)9-14(15)13-3-4-13/h5-7,13-14H,3-4,8-9,15H2,1-2H3. The lowest BCUT2D eigenvalue weighted by Gasteiger charge is -2.10. The molecule has 0 amide bonds. The lowest BCUT2D eigenvalue weighted by Crippen LogP contribution is -2.29. The molecule has 2 N–H and O–H groups in total. The number of nitrogens with two attached hydrogens (primary N) is 1. The maximum Gasteiger partial charge on any atom is 0.0486 e. The van der Waals surface area contributed by atoms with Crippen molar-refractivity contribution in [2.24, 2.45) is 11.7 Å². The third-order valence-corrected chi connectivity index (χ3v) is 4.63. The Morgan fingerprint density at radius 1 is 1.29 bits per heavy atom. The Balaban J connectivity index is 1.92. The minimum absolute atomic E-state index is 0.140. The van der Waals surface area contributed by atoms with Crippen LogP contribution in [0.5, 0.6) is 0 Å². The smallest absolute Gasteiger partial charge is 0.0486 e. The van der Waals surface area contributed by atoms with Crippen LogP contribution in [0.1, 0.15) is 29.5 Å². The van der Waals surface area contributed by atoms with Crippen molar-refractivity contribution in [3.63, 3.8) is 0 Å². The summed E-state index contributed by atoms with van der Waals surface area (Å²) in [5.41, 5.74) is 9.65. The fraction of sp³-hybridized carbons (Fsp3) is 0.571. The predicted octanol–water partition coefficient (Wildman–Crippen LogP) is 2.29. The second kappa shape index (κ2) is 5.32. The van der Waals surface area contributed by atoms with Crippen LogP contribution in [-0.4, -0.2) is 16.0 Å². The van der Waals surface area contributed by atoms with Crippen LogP contribution in [0.25, 0.3) is 0 Å². The second-order valence-electron chi connectivity index (χ2n) is 5.25. The summed E-state index contributed by atoms with van der Waals surface area (Å²) >= 11 is 0. The predicted molar refractivity (Wildman–Crippen MR) is 73.3 cm³/mol. The maximum absolute atomic E-state index is 12.0. The molecule has 2 nitrogen and oxygen atoms in total. The highest BCUT2D eigenvalue weighted by Crippen LogP contribution is 2.31. The van der Waals surface area contributed by atoms with Gasteiger partial charge in [-0.15, -0.1) is 0 Å². The van der Waals surface area contributed by atoms with Crippen LogP contribution in [0.2, 0.25) is 0 Å². The first kappa shape index (κ1) is 12.8. The molecule has 1 aliphatic rings. The van der Waals surface area contributed by atoms with Crippen LogP contribution < -0.4 is 5.73 Å². The molecule has 1 saturated carbocycles. The molecule has 94 valence electrons. The van der Waals surface area contributed by atoms with Crippen molar-refractivity contribution in [3.05, 3.63) is 34.9 Å². The zero-order valence-corrected chi connectivity index (χ0v) is 11.4. The molecule has 1 aromatic carbocycles. The molecule has 0 spiro atoms. The van der Waals surface area contributed by atoms with E-state index in [4.69, 9.17) is 5.73 Å². The topological polar surface area (TPSA) is 43.1 Å². The van der Waals surface area contributed by atoms with E-state index in [9.17, 15) is 4.21 Å². The van der Waals surface area contributed by atoms with Crippen molar-refractivity contribution in [3.8, 4) is 0 Å². The van der Waals surface area contributed by atoms with Crippen molar-refractivity contribution in [1.82, 2.24) is 0 Å². The molecular weight excluding hydrogens is 230 g/mol. The monoisotopic (exact) mass is 251 g/mol. The summed E-state index contributed by atoms with van der Waals surface area (Å²) in [6.45, 7) is 4.16. The van der Waals surface area contributed by atoms with Crippen LogP contribution in [0.15, 0.2) is 18.2 Å². The highest BCUT2D eigenvalue weighted by Gasteiger charge is 2.29. The second-order valence-corrected chi connectivity index (χ2v) is 6.75. The Kier molecular flexibility index (Phi) is 4.00. The first-order valence-electron chi connectivity index (χ1n) is 6.22. The van der Waals surface area contributed by atoms with Crippen molar-refractivity contribution >= 4 is 10.8 Å². The molecule has 0 saturated heterocycles. The van der Waals surface area contributed by atoms with Gasteiger partial charge in [-0.3, -0.25) is 4.21 Å². The average Bonchev–Trinajstić information content (AvgIpc) is 2.97. The van der Waals surface area contributed by atoms with Gasteiger partial charge in [-0.2, -0.15) is 0 Å². The molecule has 3 heteroatoms. The molecule has 1 aliphatic carbocycles. The minimum Gasteiger partial charge on any atom is -0.327 e. The largest absolute Gasteiger partial charge is 0.327 e. The van der Waals surface area contributed by atoms with E-state index >= 15 is 0 Å². The molecular formula is C14H21NOS. The molecule has 0 radical (unpaired) electrons. The number of aryl methyl sites for hydroxylation is 2. The van der Waals surface area contributed by atoms with Gasteiger partial charge in [0, 0.05) is 28.3 Å². The van der Waals surface area contributed by atoms with Gasteiger partial charge in [0.05, 0.1) is 0 Å². The van der Waals surface area contributed by atoms with E-state index in [1.165, 1.54) is 29.5 Å². The summed E-state index contributed by atoms with van der Waals surface area (Å²) in [6, 6.07) is 6.52. The van der Waals surface area contributed by atoms with Gasteiger partial charge in [-0.05, 0) is 38.2 Å². The Hall–Kier alpha value is -0.670. The van der Waals surface area contributed by atoms with Crippen molar-refractivity contribution in [1.29, 1.82) is 0 Å². The Labute approximate surface area is 106 Å². The van der Waals surface area contributed by atoms with Crippen molar-refractivity contribution in [2.75, 3.05) is 5.75 Å². The summed E-state index contributed by atoms with van der Waals surface area (Å²) in [5, 5.41) is 0. The molecule has 0 heterocycles. The third-order valence-electron chi connectivity index (χ3n) is 3.21. The van der Waals surface area contributed by atoms with Crippen LogP contribution in [0, 0.1) is 19.8 Å². The lowest BCUT2D eigenvalue weighted by atomic mass is 10.1. The molecule has 0 aromatic heterocycles. The van der Waals surface area contributed by atoms with E-state index in [2.05, 4.69) is 32.0 Å². The van der Waals surface area contributed by atoms with Gasteiger partial charge < -0.3 is 5.73 Å². The van der Waals surface area contributed by atoms with E-state index < -0.39 is 10.8 Å². The minimum atomic E-state index is -0.823. The van der Waals surface area contributed by atoms with Crippen molar-refractivity contribution in [2.45, 2.75) is 38.5 Å². The molecule has 0 bridgehead atoms. The number of hydrogen-bond donors (Lipinski definition) is 1. The first-order valence-corrected chi connectivity index (χ1v) is 7.71. The Morgan fingerprint density at radius 3 is 2.41 bits per heavy atom. The van der Waals surface area contributed by atoms with E-state index in [-0.39, 0.29) is 6.04 Å². The van der Waals surface area contributed by atoms with Gasteiger partial charge >= 0.3 is 0 Å². The highest BCUT2D eigenvalue weighted by atomic mass is 32.2. The van der Waals surface area contributed by atoms with E-state index in [0.29, 0.717) is 17.4 Å². The molecule has 2 unspecified atom stereocenters. The van der Waals surface area contributed by atoms with Gasteiger partial charge in [-0.1, -0.05) is 29.3 Å². The average molecular weight is 251 g/mol. The molecule has 1 aromatic rings. The Bertz CT molecular complexity index is 406. The number of rotatable bonds is 5. The Morgan fingerprint density at radius 2 is 1.88 bits per heavy atom.